The maximum Gasteiger partial charge on any atom is 0.230 e. The van der Waals surface area contributed by atoms with Crippen molar-refractivity contribution < 1.29 is 4.79 Å². The fourth-order valence-electron chi connectivity index (χ4n) is 4.22. The van der Waals surface area contributed by atoms with Gasteiger partial charge in [-0.2, -0.15) is 0 Å². The second-order valence-electron chi connectivity index (χ2n) is 8.63. The van der Waals surface area contributed by atoms with Gasteiger partial charge in [-0.1, -0.05) is 29.5 Å². The minimum atomic E-state index is -0.0331. The zero-order chi connectivity index (χ0) is 22.2. The SMILES string of the molecule is CC(=O)N(c1nc(CSc2nnc(N3CCCC3)n2C2CC2)cs1)c1ccc(C)cc1C. The maximum absolute atomic E-state index is 12.5. The second kappa shape index (κ2) is 8.86. The van der Waals surface area contributed by atoms with Gasteiger partial charge in [-0.05, 0) is 51.2 Å². The van der Waals surface area contributed by atoms with Crippen molar-refractivity contribution in [3.05, 3.63) is 40.4 Å². The number of amides is 1. The molecule has 9 heteroatoms. The van der Waals surface area contributed by atoms with E-state index in [1.165, 1.54) is 42.6 Å². The van der Waals surface area contributed by atoms with Crippen molar-refractivity contribution in [3.63, 3.8) is 0 Å². The van der Waals surface area contributed by atoms with Crippen LogP contribution in [0.2, 0.25) is 0 Å². The molecule has 1 aliphatic carbocycles. The summed E-state index contributed by atoms with van der Waals surface area (Å²) in [4.78, 5) is 21.4. The summed E-state index contributed by atoms with van der Waals surface area (Å²) in [6, 6.07) is 6.66. The molecule has 0 bridgehead atoms. The molecule has 7 nitrogen and oxygen atoms in total. The summed E-state index contributed by atoms with van der Waals surface area (Å²) in [5, 5.41) is 12.8. The molecule has 1 saturated heterocycles. The molecule has 2 fully saturated rings. The van der Waals surface area contributed by atoms with Crippen LogP contribution in [-0.4, -0.2) is 38.7 Å². The number of carbonyl (C=O) groups is 1. The van der Waals surface area contributed by atoms with E-state index in [-0.39, 0.29) is 5.91 Å². The van der Waals surface area contributed by atoms with Gasteiger partial charge in [-0.15, -0.1) is 21.5 Å². The molecule has 5 rings (SSSR count). The van der Waals surface area contributed by atoms with E-state index in [1.54, 1.807) is 23.6 Å². The van der Waals surface area contributed by atoms with E-state index in [0.29, 0.717) is 16.9 Å². The van der Waals surface area contributed by atoms with Crippen LogP contribution in [0.4, 0.5) is 16.8 Å². The number of thiazole rings is 1. The fourth-order valence-corrected chi connectivity index (χ4v) is 6.10. The number of carbonyl (C=O) groups excluding carboxylic acids is 1. The van der Waals surface area contributed by atoms with Gasteiger partial charge in [-0.25, -0.2) is 4.98 Å². The van der Waals surface area contributed by atoms with Gasteiger partial charge in [0.15, 0.2) is 10.3 Å². The molecule has 3 heterocycles. The number of hydrogen-bond acceptors (Lipinski definition) is 7. The predicted molar refractivity (Wildman–Crippen MR) is 130 cm³/mol. The molecule has 1 aliphatic heterocycles. The van der Waals surface area contributed by atoms with E-state index in [0.717, 1.165) is 41.1 Å². The summed E-state index contributed by atoms with van der Waals surface area (Å²) in [7, 11) is 0. The Morgan fingerprint density at radius 2 is 2.00 bits per heavy atom. The van der Waals surface area contributed by atoms with Crippen molar-refractivity contribution in [3.8, 4) is 0 Å². The molecular weight excluding hydrogens is 440 g/mol. The van der Waals surface area contributed by atoms with E-state index in [4.69, 9.17) is 4.98 Å². The lowest BCUT2D eigenvalue weighted by Crippen LogP contribution is -2.23. The fraction of sp³-hybridized carbons (Fsp3) is 0.478. The number of benzene rings is 1. The van der Waals surface area contributed by atoms with E-state index < -0.39 is 0 Å². The van der Waals surface area contributed by atoms with Gasteiger partial charge in [-0.3, -0.25) is 14.3 Å². The molecular formula is C23H28N6OS2. The molecule has 3 aromatic rings. The molecule has 0 spiro atoms. The van der Waals surface area contributed by atoms with Gasteiger partial charge >= 0.3 is 0 Å². The van der Waals surface area contributed by atoms with Gasteiger partial charge < -0.3 is 4.90 Å². The van der Waals surface area contributed by atoms with Crippen LogP contribution in [0.15, 0.2) is 28.7 Å². The molecule has 0 radical (unpaired) electrons. The largest absolute Gasteiger partial charge is 0.341 e. The van der Waals surface area contributed by atoms with E-state index in [2.05, 4.69) is 32.7 Å². The molecule has 32 heavy (non-hydrogen) atoms. The summed E-state index contributed by atoms with van der Waals surface area (Å²) in [6.45, 7) is 7.83. The van der Waals surface area contributed by atoms with Crippen LogP contribution in [0.3, 0.4) is 0 Å². The summed E-state index contributed by atoms with van der Waals surface area (Å²) < 4.78 is 2.33. The predicted octanol–water partition coefficient (Wildman–Crippen LogP) is 5.26. The Labute approximate surface area is 196 Å². The topological polar surface area (TPSA) is 67.2 Å². The Bertz CT molecular complexity index is 1130. The Kier molecular flexibility index (Phi) is 5.94. The van der Waals surface area contributed by atoms with Gasteiger partial charge in [0, 0.05) is 37.2 Å². The lowest BCUT2D eigenvalue weighted by molar-refractivity contribution is -0.115. The van der Waals surface area contributed by atoms with Gasteiger partial charge in [0.2, 0.25) is 11.9 Å². The maximum atomic E-state index is 12.5. The minimum absolute atomic E-state index is 0.0331. The van der Waals surface area contributed by atoms with Crippen LogP contribution in [-0.2, 0) is 10.5 Å². The Balaban J connectivity index is 1.34. The van der Waals surface area contributed by atoms with Crippen LogP contribution in [0.1, 0.15) is 55.5 Å². The van der Waals surface area contributed by atoms with Crippen molar-refractivity contribution >= 4 is 45.8 Å². The minimum Gasteiger partial charge on any atom is -0.341 e. The molecule has 0 N–H and O–H groups in total. The third kappa shape index (κ3) is 4.28. The number of anilines is 3. The van der Waals surface area contributed by atoms with Crippen LogP contribution in [0.25, 0.3) is 0 Å². The van der Waals surface area contributed by atoms with Crippen LogP contribution >= 0.6 is 23.1 Å². The average molecular weight is 469 g/mol. The molecule has 1 aromatic carbocycles. The van der Waals surface area contributed by atoms with Crippen molar-refractivity contribution in [2.24, 2.45) is 0 Å². The average Bonchev–Trinajstić information content (AvgIpc) is 3.16. The summed E-state index contributed by atoms with van der Waals surface area (Å²) >= 11 is 3.19. The lowest BCUT2D eigenvalue weighted by atomic mass is 10.1. The molecule has 168 valence electrons. The number of thioether (sulfide) groups is 1. The smallest absolute Gasteiger partial charge is 0.230 e. The van der Waals surface area contributed by atoms with Gasteiger partial charge in [0.05, 0.1) is 11.4 Å². The Hall–Kier alpha value is -2.39. The first-order chi connectivity index (χ1) is 15.5. The zero-order valence-corrected chi connectivity index (χ0v) is 20.4. The van der Waals surface area contributed by atoms with Crippen molar-refractivity contribution in [1.29, 1.82) is 0 Å². The third-order valence-electron chi connectivity index (χ3n) is 5.94. The molecule has 1 amide bonds. The van der Waals surface area contributed by atoms with E-state index in [9.17, 15) is 4.79 Å². The monoisotopic (exact) mass is 468 g/mol. The highest BCUT2D eigenvalue weighted by atomic mass is 32.2. The molecule has 0 atom stereocenters. The van der Waals surface area contributed by atoms with Crippen LogP contribution < -0.4 is 9.80 Å². The Morgan fingerprint density at radius 1 is 1.22 bits per heavy atom. The third-order valence-corrected chi connectivity index (χ3v) is 7.79. The van der Waals surface area contributed by atoms with Gasteiger partial charge in [0.25, 0.3) is 0 Å². The highest BCUT2D eigenvalue weighted by Gasteiger charge is 2.32. The number of nitrogens with zero attached hydrogens (tertiary/aromatic N) is 6. The second-order valence-corrected chi connectivity index (χ2v) is 10.4. The Morgan fingerprint density at radius 3 is 2.69 bits per heavy atom. The normalized spacial score (nSPS) is 16.0. The summed E-state index contributed by atoms with van der Waals surface area (Å²) in [5.41, 5.74) is 4.09. The van der Waals surface area contributed by atoms with E-state index >= 15 is 0 Å². The highest BCUT2D eigenvalue weighted by molar-refractivity contribution is 7.98. The summed E-state index contributed by atoms with van der Waals surface area (Å²) in [6.07, 6.45) is 4.87. The zero-order valence-electron chi connectivity index (χ0n) is 18.7. The van der Waals surface area contributed by atoms with Crippen LogP contribution in [0.5, 0.6) is 0 Å². The quantitative estimate of drug-likeness (QED) is 0.441. The standard InChI is InChI=1S/C23H28N6OS2/c1-15-6-9-20(16(2)12-15)28(17(3)30)22-24-18(13-31-22)14-32-23-26-25-21(27-10-4-5-11-27)29(23)19-7-8-19/h6,9,12-13,19H,4-5,7-8,10-11,14H2,1-3H3. The first-order valence-electron chi connectivity index (χ1n) is 11.2. The van der Waals surface area contributed by atoms with Gasteiger partial charge in [0.1, 0.15) is 0 Å². The summed E-state index contributed by atoms with van der Waals surface area (Å²) in [5.74, 6) is 1.71. The lowest BCUT2D eigenvalue weighted by Gasteiger charge is -2.20. The highest BCUT2D eigenvalue weighted by Crippen LogP contribution is 2.42. The number of rotatable bonds is 7. The number of aryl methyl sites for hydroxylation is 2. The van der Waals surface area contributed by atoms with Crippen molar-refractivity contribution in [2.75, 3.05) is 22.9 Å². The first-order valence-corrected chi connectivity index (χ1v) is 13.0. The number of aromatic nitrogens is 4. The molecule has 1 saturated carbocycles. The number of hydrogen-bond donors (Lipinski definition) is 0. The molecule has 2 aliphatic rings. The van der Waals surface area contributed by atoms with Crippen molar-refractivity contribution in [2.45, 2.75) is 63.4 Å². The van der Waals surface area contributed by atoms with Crippen molar-refractivity contribution in [1.82, 2.24) is 19.7 Å². The first kappa shape index (κ1) is 21.5. The molecule has 2 aromatic heterocycles. The van der Waals surface area contributed by atoms with E-state index in [1.807, 2.05) is 24.4 Å². The van der Waals surface area contributed by atoms with Crippen LogP contribution in [0, 0.1) is 13.8 Å². The molecule has 0 unspecified atom stereocenters.